The van der Waals surface area contributed by atoms with E-state index in [0.717, 1.165) is 29.9 Å². The first kappa shape index (κ1) is 21.2. The molecule has 2 heterocycles. The van der Waals surface area contributed by atoms with Crippen LogP contribution in [0.1, 0.15) is 53.6 Å². The van der Waals surface area contributed by atoms with Crippen molar-refractivity contribution in [1.82, 2.24) is 10.3 Å². The summed E-state index contributed by atoms with van der Waals surface area (Å²) < 4.78 is 16.8. The Morgan fingerprint density at radius 3 is 2.39 bits per heavy atom. The molecule has 0 bridgehead atoms. The van der Waals surface area contributed by atoms with Gasteiger partial charge in [0, 0.05) is 23.8 Å². The molecule has 3 aromatic rings. The molecule has 5 nitrogen and oxygen atoms in total. The van der Waals surface area contributed by atoms with Crippen molar-refractivity contribution in [2.45, 2.75) is 37.8 Å². The van der Waals surface area contributed by atoms with Crippen LogP contribution in [0.2, 0.25) is 0 Å². The van der Waals surface area contributed by atoms with E-state index in [1.165, 1.54) is 16.7 Å². The lowest BCUT2D eigenvalue weighted by Gasteiger charge is -2.36. The highest BCUT2D eigenvalue weighted by Gasteiger charge is 2.31. The van der Waals surface area contributed by atoms with Gasteiger partial charge in [0.15, 0.2) is 11.5 Å². The van der Waals surface area contributed by atoms with E-state index in [1.807, 2.05) is 6.07 Å². The molecule has 1 aromatic heterocycles. The summed E-state index contributed by atoms with van der Waals surface area (Å²) in [5.41, 5.74) is 4.94. The maximum atomic E-state index is 5.61. The molecule has 0 saturated carbocycles. The molecule has 1 N–H and O–H groups in total. The van der Waals surface area contributed by atoms with Gasteiger partial charge < -0.3 is 19.5 Å². The summed E-state index contributed by atoms with van der Waals surface area (Å²) in [6.45, 7) is 2.28. The Labute approximate surface area is 184 Å². The number of methoxy groups -OCH3 is 3. The van der Waals surface area contributed by atoms with Crippen LogP contribution >= 0.6 is 0 Å². The molecular weight excluding hydrogens is 388 g/mol. The van der Waals surface area contributed by atoms with Crippen molar-refractivity contribution in [3.8, 4) is 17.4 Å². The van der Waals surface area contributed by atoms with E-state index < -0.39 is 0 Å². The minimum absolute atomic E-state index is 0.0993. The molecule has 0 radical (unpaired) electrons. The van der Waals surface area contributed by atoms with Crippen molar-refractivity contribution in [2.24, 2.45) is 0 Å². The second-order valence-corrected chi connectivity index (χ2v) is 8.03. The summed E-state index contributed by atoms with van der Waals surface area (Å²) >= 11 is 0. The fraction of sp³-hybridized carbons (Fsp3) is 0.346. The zero-order valence-corrected chi connectivity index (χ0v) is 18.6. The van der Waals surface area contributed by atoms with Crippen LogP contribution in [-0.2, 0) is 6.42 Å². The lowest BCUT2D eigenvalue weighted by atomic mass is 9.82. The number of ether oxygens (including phenoxy) is 3. The number of benzene rings is 2. The standard InChI is InChI=1S/C26H30N2O3/c1-17(18-9-6-5-7-10-18)13-22-21-16-25(30-3)24(29-2)15-19(21)14-23(28-22)20-11-8-12-27-26(20)31-4/h5-12,15-17,22-23,28H,13-14H2,1-4H3/t17-,22+,23+/m0/s1. The number of pyridine rings is 1. The normalized spacial score (nSPS) is 18.7. The molecule has 5 heteroatoms. The van der Waals surface area contributed by atoms with Crippen molar-refractivity contribution < 1.29 is 14.2 Å². The Kier molecular flexibility index (Phi) is 6.42. The maximum absolute atomic E-state index is 5.61. The molecule has 0 fully saturated rings. The molecule has 162 valence electrons. The van der Waals surface area contributed by atoms with E-state index in [9.17, 15) is 0 Å². The van der Waals surface area contributed by atoms with Gasteiger partial charge >= 0.3 is 0 Å². The number of nitrogens with one attached hydrogen (secondary N) is 1. The quantitative estimate of drug-likeness (QED) is 0.569. The van der Waals surface area contributed by atoms with E-state index in [-0.39, 0.29) is 12.1 Å². The SMILES string of the molecule is COc1cc2c(cc1OC)[C@@H](C[C@H](C)c1ccccc1)N[C@@H](c1cccnc1OC)C2. The molecule has 0 amide bonds. The van der Waals surface area contributed by atoms with Crippen molar-refractivity contribution in [1.29, 1.82) is 0 Å². The summed E-state index contributed by atoms with van der Waals surface area (Å²) in [5, 5.41) is 3.87. The van der Waals surface area contributed by atoms with Crippen LogP contribution in [0.4, 0.5) is 0 Å². The third-order valence-electron chi connectivity index (χ3n) is 6.17. The highest BCUT2D eigenvalue weighted by atomic mass is 16.5. The highest BCUT2D eigenvalue weighted by molar-refractivity contribution is 5.50. The molecule has 3 atom stereocenters. The lowest BCUT2D eigenvalue weighted by Crippen LogP contribution is -2.34. The number of nitrogens with zero attached hydrogens (tertiary/aromatic N) is 1. The van der Waals surface area contributed by atoms with Gasteiger partial charge in [-0.15, -0.1) is 0 Å². The molecule has 0 unspecified atom stereocenters. The number of fused-ring (bicyclic) bond motifs is 1. The fourth-order valence-corrected chi connectivity index (χ4v) is 4.55. The van der Waals surface area contributed by atoms with Gasteiger partial charge in [-0.1, -0.05) is 43.3 Å². The van der Waals surface area contributed by atoms with E-state index in [2.05, 4.69) is 65.8 Å². The largest absolute Gasteiger partial charge is 0.493 e. The average molecular weight is 419 g/mol. The fourth-order valence-electron chi connectivity index (χ4n) is 4.55. The molecule has 0 saturated heterocycles. The van der Waals surface area contributed by atoms with Gasteiger partial charge in [-0.3, -0.25) is 0 Å². The molecular formula is C26H30N2O3. The second kappa shape index (κ2) is 9.40. The Morgan fingerprint density at radius 1 is 0.935 bits per heavy atom. The van der Waals surface area contributed by atoms with E-state index >= 15 is 0 Å². The van der Waals surface area contributed by atoms with E-state index in [1.54, 1.807) is 27.5 Å². The third-order valence-corrected chi connectivity index (χ3v) is 6.17. The van der Waals surface area contributed by atoms with Crippen molar-refractivity contribution >= 4 is 0 Å². The smallest absolute Gasteiger partial charge is 0.217 e. The summed E-state index contributed by atoms with van der Waals surface area (Å²) in [6, 6.07) is 19.2. The molecule has 2 aromatic carbocycles. The van der Waals surface area contributed by atoms with Gasteiger partial charge in [-0.05, 0) is 53.6 Å². The van der Waals surface area contributed by atoms with Gasteiger partial charge in [-0.25, -0.2) is 4.98 Å². The molecule has 1 aliphatic rings. The van der Waals surface area contributed by atoms with Crippen LogP contribution in [-0.4, -0.2) is 26.3 Å². The predicted octanol–water partition coefficient (Wildman–Crippen LogP) is 5.23. The Bertz CT molecular complexity index is 1020. The van der Waals surface area contributed by atoms with E-state index in [0.29, 0.717) is 11.8 Å². The Morgan fingerprint density at radius 2 is 1.68 bits per heavy atom. The van der Waals surface area contributed by atoms with Crippen LogP contribution in [0, 0.1) is 0 Å². The molecule has 4 rings (SSSR count). The third kappa shape index (κ3) is 4.37. The molecule has 1 aliphatic heterocycles. The van der Waals surface area contributed by atoms with E-state index in [4.69, 9.17) is 14.2 Å². The first-order chi connectivity index (χ1) is 15.1. The van der Waals surface area contributed by atoms with Gasteiger partial charge in [0.2, 0.25) is 5.88 Å². The Hall–Kier alpha value is -3.05. The number of aromatic nitrogens is 1. The highest BCUT2D eigenvalue weighted by Crippen LogP contribution is 2.43. The van der Waals surface area contributed by atoms with Gasteiger partial charge in [-0.2, -0.15) is 0 Å². The van der Waals surface area contributed by atoms with Crippen LogP contribution in [0.5, 0.6) is 17.4 Å². The zero-order chi connectivity index (χ0) is 21.8. The summed E-state index contributed by atoms with van der Waals surface area (Å²) in [4.78, 5) is 4.42. The molecule has 31 heavy (non-hydrogen) atoms. The topological polar surface area (TPSA) is 52.6 Å². The van der Waals surface area contributed by atoms with Crippen LogP contribution in [0.15, 0.2) is 60.8 Å². The molecule has 0 aliphatic carbocycles. The maximum Gasteiger partial charge on any atom is 0.217 e. The number of hydrogen-bond donors (Lipinski definition) is 1. The predicted molar refractivity (Wildman–Crippen MR) is 122 cm³/mol. The van der Waals surface area contributed by atoms with Crippen LogP contribution in [0.25, 0.3) is 0 Å². The minimum Gasteiger partial charge on any atom is -0.493 e. The van der Waals surface area contributed by atoms with Gasteiger partial charge in [0.05, 0.1) is 21.3 Å². The molecule has 0 spiro atoms. The summed E-state index contributed by atoms with van der Waals surface area (Å²) in [6.07, 6.45) is 3.56. The van der Waals surface area contributed by atoms with Gasteiger partial charge in [0.25, 0.3) is 0 Å². The minimum atomic E-state index is 0.0993. The number of hydrogen-bond acceptors (Lipinski definition) is 5. The second-order valence-electron chi connectivity index (χ2n) is 8.03. The average Bonchev–Trinajstić information content (AvgIpc) is 2.83. The first-order valence-corrected chi connectivity index (χ1v) is 10.7. The van der Waals surface area contributed by atoms with Crippen molar-refractivity contribution in [3.05, 3.63) is 83.0 Å². The monoisotopic (exact) mass is 418 g/mol. The van der Waals surface area contributed by atoms with Crippen LogP contribution in [0.3, 0.4) is 0 Å². The first-order valence-electron chi connectivity index (χ1n) is 10.7. The van der Waals surface area contributed by atoms with Crippen molar-refractivity contribution in [3.63, 3.8) is 0 Å². The number of rotatable bonds is 7. The van der Waals surface area contributed by atoms with Crippen molar-refractivity contribution in [2.75, 3.05) is 21.3 Å². The lowest BCUT2D eigenvalue weighted by molar-refractivity contribution is 0.337. The summed E-state index contributed by atoms with van der Waals surface area (Å²) in [5.74, 6) is 2.58. The summed E-state index contributed by atoms with van der Waals surface area (Å²) in [7, 11) is 5.04. The Balaban J connectivity index is 1.73. The van der Waals surface area contributed by atoms with Gasteiger partial charge in [0.1, 0.15) is 0 Å². The van der Waals surface area contributed by atoms with Crippen LogP contribution < -0.4 is 19.5 Å². The zero-order valence-electron chi connectivity index (χ0n) is 18.6.